The van der Waals surface area contributed by atoms with Crippen molar-refractivity contribution >= 4 is 5.91 Å². The summed E-state index contributed by atoms with van der Waals surface area (Å²) in [5.41, 5.74) is 1.25. The monoisotopic (exact) mass is 320 g/mol. The highest BCUT2D eigenvalue weighted by molar-refractivity contribution is 5.95. The van der Waals surface area contributed by atoms with Crippen molar-refractivity contribution in [2.45, 2.75) is 6.92 Å². The molecule has 23 heavy (non-hydrogen) atoms. The average Bonchev–Trinajstić information content (AvgIpc) is 2.98. The van der Waals surface area contributed by atoms with E-state index in [0.717, 1.165) is 32.8 Å². The average molecular weight is 320 g/mol. The predicted molar refractivity (Wildman–Crippen MR) is 84.0 cm³/mol. The van der Waals surface area contributed by atoms with E-state index >= 15 is 0 Å². The molecular formula is C16H24N4O3. The van der Waals surface area contributed by atoms with Crippen LogP contribution in [0.2, 0.25) is 0 Å². The molecule has 1 aromatic heterocycles. The quantitative estimate of drug-likeness (QED) is 0.828. The van der Waals surface area contributed by atoms with Crippen LogP contribution in [0, 0.1) is 18.8 Å². The van der Waals surface area contributed by atoms with Gasteiger partial charge in [-0.25, -0.2) is 9.97 Å². The van der Waals surface area contributed by atoms with Crippen molar-refractivity contribution in [3.8, 4) is 0 Å². The number of carbonyl (C=O) groups excluding carboxylic acids is 1. The molecule has 2 aliphatic rings. The summed E-state index contributed by atoms with van der Waals surface area (Å²) in [6.45, 7) is 7.49. The van der Waals surface area contributed by atoms with E-state index in [0.29, 0.717) is 30.3 Å². The molecule has 0 bridgehead atoms. The zero-order valence-electron chi connectivity index (χ0n) is 13.5. The second-order valence-electron chi connectivity index (χ2n) is 6.35. The first-order valence-corrected chi connectivity index (χ1v) is 8.16. The molecule has 0 aliphatic carbocycles. The van der Waals surface area contributed by atoms with Gasteiger partial charge in [-0.2, -0.15) is 0 Å². The second kappa shape index (κ2) is 7.33. The number of amides is 1. The summed E-state index contributed by atoms with van der Waals surface area (Å²) < 4.78 is 5.38. The molecule has 0 spiro atoms. The molecule has 7 heteroatoms. The van der Waals surface area contributed by atoms with Crippen LogP contribution in [0.4, 0.5) is 0 Å². The Balaban J connectivity index is 1.66. The predicted octanol–water partition coefficient (Wildman–Crippen LogP) is -0.202. The molecule has 2 fully saturated rings. The molecule has 1 amide bonds. The number of aryl methyl sites for hydroxylation is 1. The summed E-state index contributed by atoms with van der Waals surface area (Å²) in [7, 11) is 0. The smallest absolute Gasteiger partial charge is 0.257 e. The van der Waals surface area contributed by atoms with Crippen molar-refractivity contribution in [2.24, 2.45) is 11.8 Å². The van der Waals surface area contributed by atoms with Gasteiger partial charge >= 0.3 is 0 Å². The third kappa shape index (κ3) is 3.68. The number of hydrogen-bond donors (Lipinski definition) is 1. The van der Waals surface area contributed by atoms with Gasteiger partial charge in [0.15, 0.2) is 0 Å². The minimum atomic E-state index is -0.0361. The molecule has 1 aromatic rings. The highest BCUT2D eigenvalue weighted by Crippen LogP contribution is 2.26. The molecule has 2 aliphatic heterocycles. The van der Waals surface area contributed by atoms with E-state index in [9.17, 15) is 9.90 Å². The maximum atomic E-state index is 12.7. The fourth-order valence-corrected chi connectivity index (χ4v) is 3.40. The minimum absolute atomic E-state index is 0.0361. The Kier molecular flexibility index (Phi) is 5.20. The number of morpholine rings is 1. The molecule has 0 aromatic carbocycles. The lowest BCUT2D eigenvalue weighted by Crippen LogP contribution is -2.41. The van der Waals surface area contributed by atoms with Crippen LogP contribution in [0.15, 0.2) is 12.5 Å². The molecule has 0 radical (unpaired) electrons. The summed E-state index contributed by atoms with van der Waals surface area (Å²) in [6, 6.07) is 0. The molecular weight excluding hydrogens is 296 g/mol. The minimum Gasteiger partial charge on any atom is -0.396 e. The summed E-state index contributed by atoms with van der Waals surface area (Å²) >= 11 is 0. The normalized spacial score (nSPS) is 25.7. The molecule has 0 saturated carbocycles. The van der Waals surface area contributed by atoms with Gasteiger partial charge < -0.3 is 14.7 Å². The first-order valence-electron chi connectivity index (χ1n) is 8.16. The van der Waals surface area contributed by atoms with Crippen LogP contribution in [0.3, 0.4) is 0 Å². The highest BCUT2D eigenvalue weighted by Gasteiger charge is 2.36. The van der Waals surface area contributed by atoms with Crippen LogP contribution < -0.4 is 0 Å². The number of carbonyl (C=O) groups is 1. The van der Waals surface area contributed by atoms with Gasteiger partial charge in [0.1, 0.15) is 6.33 Å². The Labute approximate surface area is 136 Å². The fourth-order valence-electron chi connectivity index (χ4n) is 3.40. The second-order valence-corrected chi connectivity index (χ2v) is 6.35. The zero-order chi connectivity index (χ0) is 16.2. The summed E-state index contributed by atoms with van der Waals surface area (Å²) in [6.07, 6.45) is 3.03. The van der Waals surface area contributed by atoms with Gasteiger partial charge in [-0.15, -0.1) is 0 Å². The Morgan fingerprint density at radius 3 is 2.78 bits per heavy atom. The summed E-state index contributed by atoms with van der Waals surface area (Å²) in [5, 5.41) is 9.68. The zero-order valence-corrected chi connectivity index (χ0v) is 13.5. The third-order valence-electron chi connectivity index (χ3n) is 4.84. The summed E-state index contributed by atoms with van der Waals surface area (Å²) in [5.74, 6) is 0.393. The first-order chi connectivity index (χ1) is 11.2. The molecule has 3 heterocycles. The number of aliphatic hydroxyl groups excluding tert-OH is 1. The van der Waals surface area contributed by atoms with E-state index in [1.807, 2.05) is 11.8 Å². The number of nitrogens with zero attached hydrogens (tertiary/aromatic N) is 4. The Hall–Kier alpha value is -1.57. The standard InChI is InChI=1S/C16H24N4O3/c1-12-15(6-17-11-18-12)16(22)20-8-13(14(9-20)10-21)7-19-2-4-23-5-3-19/h6,11,13-14,21H,2-5,7-10H2,1H3/t13-,14-/m1/s1. The largest absolute Gasteiger partial charge is 0.396 e. The van der Waals surface area contributed by atoms with Gasteiger partial charge in [0.25, 0.3) is 5.91 Å². The van der Waals surface area contributed by atoms with Crippen LogP contribution in [-0.2, 0) is 4.74 Å². The lowest BCUT2D eigenvalue weighted by molar-refractivity contribution is 0.0264. The van der Waals surface area contributed by atoms with E-state index in [2.05, 4.69) is 14.9 Å². The Morgan fingerprint density at radius 1 is 1.35 bits per heavy atom. The maximum absolute atomic E-state index is 12.7. The van der Waals surface area contributed by atoms with Crippen molar-refractivity contribution in [1.29, 1.82) is 0 Å². The van der Waals surface area contributed by atoms with Gasteiger partial charge in [-0.1, -0.05) is 0 Å². The SMILES string of the molecule is Cc1ncncc1C(=O)N1C[C@@H](CN2CCOCC2)[C@@H](CO)C1. The highest BCUT2D eigenvalue weighted by atomic mass is 16.5. The number of ether oxygens (including phenoxy) is 1. The van der Waals surface area contributed by atoms with E-state index in [-0.39, 0.29) is 18.4 Å². The Bertz CT molecular complexity index is 548. The molecule has 2 atom stereocenters. The van der Waals surface area contributed by atoms with Crippen LogP contribution in [0.1, 0.15) is 16.1 Å². The van der Waals surface area contributed by atoms with Crippen LogP contribution in [-0.4, -0.2) is 83.3 Å². The molecule has 2 saturated heterocycles. The molecule has 126 valence electrons. The summed E-state index contributed by atoms with van der Waals surface area (Å²) in [4.78, 5) is 24.9. The van der Waals surface area contributed by atoms with Crippen LogP contribution in [0.25, 0.3) is 0 Å². The number of rotatable bonds is 4. The van der Waals surface area contributed by atoms with Crippen molar-refractivity contribution in [3.05, 3.63) is 23.8 Å². The van der Waals surface area contributed by atoms with Gasteiger partial charge in [-0.05, 0) is 12.8 Å². The van der Waals surface area contributed by atoms with Crippen molar-refractivity contribution in [1.82, 2.24) is 19.8 Å². The van der Waals surface area contributed by atoms with Crippen molar-refractivity contribution < 1.29 is 14.6 Å². The molecule has 3 rings (SSSR count). The van der Waals surface area contributed by atoms with Gasteiger partial charge in [0.05, 0.1) is 24.5 Å². The topological polar surface area (TPSA) is 78.8 Å². The third-order valence-corrected chi connectivity index (χ3v) is 4.84. The molecule has 1 N–H and O–H groups in total. The number of hydrogen-bond acceptors (Lipinski definition) is 6. The van der Waals surface area contributed by atoms with Crippen LogP contribution >= 0.6 is 0 Å². The van der Waals surface area contributed by atoms with Crippen LogP contribution in [0.5, 0.6) is 0 Å². The lowest BCUT2D eigenvalue weighted by atomic mass is 9.96. The molecule has 7 nitrogen and oxygen atoms in total. The van der Waals surface area contributed by atoms with Gasteiger partial charge in [0, 0.05) is 51.4 Å². The van der Waals surface area contributed by atoms with Crippen molar-refractivity contribution in [2.75, 3.05) is 52.5 Å². The van der Waals surface area contributed by atoms with Gasteiger partial charge in [-0.3, -0.25) is 9.69 Å². The first kappa shape index (κ1) is 16.3. The van der Waals surface area contributed by atoms with E-state index in [1.54, 1.807) is 6.20 Å². The van der Waals surface area contributed by atoms with E-state index in [1.165, 1.54) is 6.33 Å². The van der Waals surface area contributed by atoms with E-state index in [4.69, 9.17) is 4.74 Å². The fraction of sp³-hybridized carbons (Fsp3) is 0.688. The maximum Gasteiger partial charge on any atom is 0.257 e. The molecule has 0 unspecified atom stereocenters. The Morgan fingerprint density at radius 2 is 2.09 bits per heavy atom. The van der Waals surface area contributed by atoms with Crippen molar-refractivity contribution in [3.63, 3.8) is 0 Å². The van der Waals surface area contributed by atoms with Gasteiger partial charge in [0.2, 0.25) is 0 Å². The lowest BCUT2D eigenvalue weighted by Gasteiger charge is -2.30. The number of aromatic nitrogens is 2. The number of aliphatic hydroxyl groups is 1. The van der Waals surface area contributed by atoms with E-state index < -0.39 is 0 Å². The number of likely N-dealkylation sites (tertiary alicyclic amines) is 1.